The number of ketones is 1. The molecular weight excluding hydrogens is 214 g/mol. The summed E-state index contributed by atoms with van der Waals surface area (Å²) in [4.78, 5) is 12.4. The molecule has 3 heteroatoms. The molecule has 0 unspecified atom stereocenters. The third kappa shape index (κ3) is 1.57. The zero-order chi connectivity index (χ0) is 11.9. The first-order chi connectivity index (χ1) is 8.28. The second kappa shape index (κ2) is 3.84. The molecule has 2 aliphatic heterocycles. The molecule has 2 aliphatic rings. The topological polar surface area (TPSA) is 48.2 Å². The molecule has 0 radical (unpaired) electrons. The molecule has 0 saturated carbocycles. The minimum absolute atomic E-state index is 0.209. The zero-order valence-corrected chi connectivity index (χ0v) is 10.0. The first-order valence-electron chi connectivity index (χ1n) is 6.32. The van der Waals surface area contributed by atoms with Crippen LogP contribution in [0, 0.1) is 0 Å². The second-order valence-electron chi connectivity index (χ2n) is 4.92. The van der Waals surface area contributed by atoms with Crippen molar-refractivity contribution in [1.29, 1.82) is 0 Å². The normalized spacial score (nSPS) is 29.9. The van der Waals surface area contributed by atoms with E-state index >= 15 is 0 Å². The predicted molar refractivity (Wildman–Crippen MR) is 65.4 cm³/mol. The highest BCUT2D eigenvalue weighted by atomic mass is 16.5. The number of carbonyl (C=O) groups is 1. The average Bonchev–Trinajstić information content (AvgIpc) is 3.07. The molecule has 2 atom stereocenters. The number of para-hydroxylation sites is 1. The Hall–Kier alpha value is -1.35. The van der Waals surface area contributed by atoms with Crippen LogP contribution in [0.15, 0.2) is 24.3 Å². The molecule has 2 heterocycles. The van der Waals surface area contributed by atoms with Crippen LogP contribution in [0.4, 0.5) is 0 Å². The molecule has 0 aromatic heterocycles. The van der Waals surface area contributed by atoms with Gasteiger partial charge in [0.05, 0.1) is 5.56 Å². The SMILES string of the molecule is CCCC[C@H]1N[C@@]12COc1ccccc1C2=O. The number of ether oxygens (including phenoxy) is 1. The summed E-state index contributed by atoms with van der Waals surface area (Å²) in [6, 6.07) is 7.82. The van der Waals surface area contributed by atoms with Crippen LogP contribution < -0.4 is 10.1 Å². The van der Waals surface area contributed by atoms with Crippen molar-refractivity contribution in [3.63, 3.8) is 0 Å². The van der Waals surface area contributed by atoms with Gasteiger partial charge in [-0.25, -0.2) is 0 Å². The van der Waals surface area contributed by atoms with Gasteiger partial charge in [-0.15, -0.1) is 0 Å². The molecule has 0 bridgehead atoms. The average molecular weight is 231 g/mol. The van der Waals surface area contributed by atoms with Gasteiger partial charge >= 0.3 is 0 Å². The van der Waals surface area contributed by atoms with E-state index in [-0.39, 0.29) is 5.78 Å². The molecule has 1 spiro atoms. The highest BCUT2D eigenvalue weighted by Gasteiger charge is 2.61. The van der Waals surface area contributed by atoms with Crippen molar-refractivity contribution >= 4 is 5.78 Å². The van der Waals surface area contributed by atoms with Crippen LogP contribution in [0.3, 0.4) is 0 Å². The Morgan fingerprint density at radius 3 is 3.12 bits per heavy atom. The van der Waals surface area contributed by atoms with Crippen LogP contribution in [0.1, 0.15) is 36.5 Å². The monoisotopic (exact) mass is 231 g/mol. The molecule has 0 amide bonds. The predicted octanol–water partition coefficient (Wildman–Crippen LogP) is 2.16. The van der Waals surface area contributed by atoms with Gasteiger partial charge in [-0.05, 0) is 18.6 Å². The van der Waals surface area contributed by atoms with Crippen molar-refractivity contribution in [1.82, 2.24) is 5.32 Å². The Kier molecular flexibility index (Phi) is 2.44. The molecular formula is C14H17NO2. The van der Waals surface area contributed by atoms with Gasteiger partial charge < -0.3 is 4.74 Å². The standard InChI is InChI=1S/C14H17NO2/c1-2-3-8-12-14(15-12)9-17-11-7-5-4-6-10(11)13(14)16/h4-7,12,15H,2-3,8-9H2,1H3/t12-,14+/m1/s1. The van der Waals surface area contributed by atoms with Gasteiger partial charge in [0.15, 0.2) is 5.78 Å². The van der Waals surface area contributed by atoms with Gasteiger partial charge in [-0.1, -0.05) is 31.9 Å². The first-order valence-corrected chi connectivity index (χ1v) is 6.32. The van der Waals surface area contributed by atoms with Crippen molar-refractivity contribution in [3.05, 3.63) is 29.8 Å². The third-order valence-electron chi connectivity index (χ3n) is 3.78. The minimum Gasteiger partial charge on any atom is -0.490 e. The lowest BCUT2D eigenvalue weighted by Crippen LogP contribution is -2.40. The van der Waals surface area contributed by atoms with Crippen LogP contribution in [0.25, 0.3) is 0 Å². The van der Waals surface area contributed by atoms with Crippen molar-refractivity contribution in [3.8, 4) is 5.75 Å². The number of hydrogen-bond donors (Lipinski definition) is 1. The quantitative estimate of drug-likeness (QED) is 0.811. The van der Waals surface area contributed by atoms with E-state index < -0.39 is 5.54 Å². The number of hydrogen-bond acceptors (Lipinski definition) is 3. The number of Topliss-reactive ketones (excluding diaryl/α,β-unsaturated/α-hetero) is 1. The van der Waals surface area contributed by atoms with Gasteiger partial charge in [0.25, 0.3) is 0 Å². The zero-order valence-electron chi connectivity index (χ0n) is 10.0. The Balaban J connectivity index is 1.82. The Morgan fingerprint density at radius 1 is 1.47 bits per heavy atom. The van der Waals surface area contributed by atoms with Crippen LogP contribution >= 0.6 is 0 Å². The summed E-state index contributed by atoms with van der Waals surface area (Å²) in [5.74, 6) is 0.937. The third-order valence-corrected chi connectivity index (χ3v) is 3.78. The number of nitrogens with one attached hydrogen (secondary N) is 1. The highest BCUT2D eigenvalue weighted by Crippen LogP contribution is 2.40. The van der Waals surface area contributed by atoms with Crippen molar-refractivity contribution in [2.75, 3.05) is 6.61 Å². The van der Waals surface area contributed by atoms with Crippen LogP contribution in [0.2, 0.25) is 0 Å². The number of carbonyl (C=O) groups excluding carboxylic acids is 1. The fourth-order valence-corrected chi connectivity index (χ4v) is 2.64. The van der Waals surface area contributed by atoms with Crippen molar-refractivity contribution < 1.29 is 9.53 Å². The Morgan fingerprint density at radius 2 is 2.29 bits per heavy atom. The summed E-state index contributed by atoms with van der Waals surface area (Å²) in [6.45, 7) is 2.65. The van der Waals surface area contributed by atoms with Gasteiger partial charge in [-0.3, -0.25) is 10.1 Å². The highest BCUT2D eigenvalue weighted by molar-refractivity contribution is 6.09. The van der Waals surface area contributed by atoms with Gasteiger partial charge in [-0.2, -0.15) is 0 Å². The van der Waals surface area contributed by atoms with E-state index in [1.165, 1.54) is 6.42 Å². The number of fused-ring (bicyclic) bond motifs is 1. The fourth-order valence-electron chi connectivity index (χ4n) is 2.64. The summed E-state index contributed by atoms with van der Waals surface area (Å²) < 4.78 is 5.70. The molecule has 17 heavy (non-hydrogen) atoms. The van der Waals surface area contributed by atoms with Gasteiger partial charge in [0.2, 0.25) is 0 Å². The van der Waals surface area contributed by atoms with Crippen LogP contribution in [-0.2, 0) is 0 Å². The smallest absolute Gasteiger partial charge is 0.191 e. The molecule has 90 valence electrons. The van der Waals surface area contributed by atoms with Gasteiger partial charge in [0.1, 0.15) is 17.9 Å². The lowest BCUT2D eigenvalue weighted by molar-refractivity contribution is 0.0864. The van der Waals surface area contributed by atoms with Crippen molar-refractivity contribution in [2.24, 2.45) is 0 Å². The number of unbranched alkanes of at least 4 members (excludes halogenated alkanes) is 1. The summed E-state index contributed by atoms with van der Waals surface area (Å²) in [5.41, 5.74) is 0.314. The number of rotatable bonds is 3. The summed E-state index contributed by atoms with van der Waals surface area (Å²) >= 11 is 0. The molecule has 1 saturated heterocycles. The van der Waals surface area contributed by atoms with E-state index in [0.29, 0.717) is 12.6 Å². The lowest BCUT2D eigenvalue weighted by Gasteiger charge is -2.23. The Labute approximate surface area is 101 Å². The van der Waals surface area contributed by atoms with Crippen LogP contribution in [0.5, 0.6) is 5.75 Å². The second-order valence-corrected chi connectivity index (χ2v) is 4.92. The lowest BCUT2D eigenvalue weighted by atomic mass is 9.90. The van der Waals surface area contributed by atoms with Gasteiger partial charge in [0, 0.05) is 6.04 Å². The molecule has 3 nitrogen and oxygen atoms in total. The molecule has 3 rings (SSSR count). The maximum Gasteiger partial charge on any atom is 0.191 e. The molecule has 1 fully saturated rings. The molecule has 0 aliphatic carbocycles. The van der Waals surface area contributed by atoms with E-state index in [2.05, 4.69) is 12.2 Å². The summed E-state index contributed by atoms with van der Waals surface area (Å²) in [5, 5.41) is 3.34. The van der Waals surface area contributed by atoms with Crippen LogP contribution in [-0.4, -0.2) is 24.0 Å². The summed E-state index contributed by atoms with van der Waals surface area (Å²) in [7, 11) is 0. The van der Waals surface area contributed by atoms with E-state index in [4.69, 9.17) is 4.74 Å². The largest absolute Gasteiger partial charge is 0.490 e. The molecule has 1 N–H and O–H groups in total. The van der Waals surface area contributed by atoms with E-state index in [1.807, 2.05) is 24.3 Å². The maximum atomic E-state index is 12.4. The maximum absolute atomic E-state index is 12.4. The Bertz CT molecular complexity index is 457. The minimum atomic E-state index is -0.413. The fraction of sp³-hybridized carbons (Fsp3) is 0.500. The number of benzene rings is 1. The van der Waals surface area contributed by atoms with E-state index in [1.54, 1.807) is 0 Å². The molecule has 1 aromatic carbocycles. The molecule has 1 aromatic rings. The summed E-state index contributed by atoms with van der Waals surface area (Å²) in [6.07, 6.45) is 3.39. The van der Waals surface area contributed by atoms with E-state index in [0.717, 1.165) is 24.2 Å². The van der Waals surface area contributed by atoms with E-state index in [9.17, 15) is 4.79 Å². The first kappa shape index (κ1) is 10.8. The van der Waals surface area contributed by atoms with Crippen molar-refractivity contribution in [2.45, 2.75) is 37.8 Å².